The highest BCUT2D eigenvalue weighted by Gasteiger charge is 2.53. The highest BCUT2D eigenvalue weighted by atomic mass is 16.5. The first-order valence-electron chi connectivity index (χ1n) is 9.15. The smallest absolute Gasteiger partial charge is 0.193 e. The van der Waals surface area contributed by atoms with Gasteiger partial charge in [0.05, 0.1) is 12.2 Å². The van der Waals surface area contributed by atoms with E-state index in [0.29, 0.717) is 18.2 Å². The van der Waals surface area contributed by atoms with Crippen LogP contribution in [0.3, 0.4) is 0 Å². The Hall–Kier alpha value is -0.810. The van der Waals surface area contributed by atoms with Gasteiger partial charge in [0.25, 0.3) is 0 Å². The van der Waals surface area contributed by atoms with Gasteiger partial charge in [-0.3, -0.25) is 9.89 Å². The highest BCUT2D eigenvalue weighted by Crippen LogP contribution is 2.47. The molecule has 4 saturated heterocycles. The van der Waals surface area contributed by atoms with Crippen molar-refractivity contribution in [1.82, 2.24) is 15.1 Å². The van der Waals surface area contributed by atoms with Crippen LogP contribution in [-0.2, 0) is 4.74 Å². The van der Waals surface area contributed by atoms with Crippen molar-refractivity contribution in [3.05, 3.63) is 0 Å². The average molecular weight is 306 g/mol. The number of nitrogens with zero attached hydrogens (tertiary/aromatic N) is 3. The molecule has 5 nitrogen and oxygen atoms in total. The minimum atomic E-state index is 0.531. The van der Waals surface area contributed by atoms with E-state index in [1.165, 1.54) is 38.8 Å². The Kier molecular flexibility index (Phi) is 4.03. The third-order valence-corrected chi connectivity index (χ3v) is 6.37. The lowest BCUT2D eigenvalue weighted by molar-refractivity contribution is 0.0766. The Bertz CT molecular complexity index is 422. The van der Waals surface area contributed by atoms with Gasteiger partial charge in [0.2, 0.25) is 0 Å². The molecular formula is C17H30N4O. The lowest BCUT2D eigenvalue weighted by atomic mass is 9.82. The minimum Gasteiger partial charge on any atom is -0.374 e. The van der Waals surface area contributed by atoms with Crippen molar-refractivity contribution in [1.29, 1.82) is 0 Å². The van der Waals surface area contributed by atoms with Crippen molar-refractivity contribution in [2.24, 2.45) is 16.8 Å². The molecule has 2 bridgehead atoms. The molecule has 5 atom stereocenters. The number of rotatable bonds is 3. The fourth-order valence-corrected chi connectivity index (χ4v) is 5.22. The summed E-state index contributed by atoms with van der Waals surface area (Å²) < 4.78 is 6.08. The SMILES string of the molecule is CCN1CCCC1CNC(=NC)N1CC2C3CCC(O3)C2C1. The summed E-state index contributed by atoms with van der Waals surface area (Å²) in [6, 6.07) is 0.684. The van der Waals surface area contributed by atoms with Crippen LogP contribution in [0.5, 0.6) is 0 Å². The van der Waals surface area contributed by atoms with Crippen LogP contribution in [0.2, 0.25) is 0 Å². The van der Waals surface area contributed by atoms with Crippen LogP contribution in [0.1, 0.15) is 32.6 Å². The van der Waals surface area contributed by atoms with Crippen molar-refractivity contribution in [2.75, 3.05) is 39.8 Å². The molecule has 5 unspecified atom stereocenters. The fourth-order valence-electron chi connectivity index (χ4n) is 5.22. The first kappa shape index (κ1) is 14.8. The average Bonchev–Trinajstić information content (AvgIpc) is 3.29. The molecule has 5 heteroatoms. The molecule has 4 fully saturated rings. The predicted molar refractivity (Wildman–Crippen MR) is 88.1 cm³/mol. The van der Waals surface area contributed by atoms with Crippen molar-refractivity contribution in [3.8, 4) is 0 Å². The van der Waals surface area contributed by atoms with Gasteiger partial charge in [-0.05, 0) is 38.8 Å². The van der Waals surface area contributed by atoms with E-state index in [2.05, 4.69) is 27.0 Å². The molecule has 0 aliphatic carbocycles. The zero-order valence-electron chi connectivity index (χ0n) is 14.0. The zero-order chi connectivity index (χ0) is 15.1. The van der Waals surface area contributed by atoms with E-state index in [1.54, 1.807) is 0 Å². The van der Waals surface area contributed by atoms with Crippen molar-refractivity contribution >= 4 is 5.96 Å². The first-order valence-corrected chi connectivity index (χ1v) is 9.15. The summed E-state index contributed by atoms with van der Waals surface area (Å²) in [6.45, 7) is 8.00. The molecule has 0 aromatic heterocycles. The summed E-state index contributed by atoms with van der Waals surface area (Å²) in [5.41, 5.74) is 0. The molecule has 22 heavy (non-hydrogen) atoms. The number of fused-ring (bicyclic) bond motifs is 5. The molecule has 4 aliphatic heterocycles. The van der Waals surface area contributed by atoms with Crippen LogP contribution in [0.25, 0.3) is 0 Å². The van der Waals surface area contributed by atoms with E-state index in [9.17, 15) is 0 Å². The molecule has 0 aromatic rings. The molecule has 0 saturated carbocycles. The topological polar surface area (TPSA) is 40.1 Å². The third kappa shape index (κ3) is 2.42. The number of hydrogen-bond acceptors (Lipinski definition) is 3. The number of guanidine groups is 1. The normalized spacial score (nSPS) is 41.5. The molecule has 4 heterocycles. The van der Waals surface area contributed by atoms with Crippen molar-refractivity contribution < 1.29 is 4.74 Å². The van der Waals surface area contributed by atoms with Crippen molar-refractivity contribution in [2.45, 2.75) is 50.9 Å². The summed E-state index contributed by atoms with van der Waals surface area (Å²) in [5, 5.41) is 3.65. The quantitative estimate of drug-likeness (QED) is 0.627. The summed E-state index contributed by atoms with van der Waals surface area (Å²) >= 11 is 0. The number of nitrogens with one attached hydrogen (secondary N) is 1. The summed E-state index contributed by atoms with van der Waals surface area (Å²) in [6.07, 6.45) is 6.28. The van der Waals surface area contributed by atoms with Gasteiger partial charge in [0, 0.05) is 44.6 Å². The van der Waals surface area contributed by atoms with Gasteiger partial charge in [-0.2, -0.15) is 0 Å². The van der Waals surface area contributed by atoms with Crippen molar-refractivity contribution in [3.63, 3.8) is 0 Å². The molecule has 1 N–H and O–H groups in total. The van der Waals surface area contributed by atoms with Crippen LogP contribution in [0.4, 0.5) is 0 Å². The first-order chi connectivity index (χ1) is 10.8. The second-order valence-corrected chi connectivity index (χ2v) is 7.38. The van der Waals surface area contributed by atoms with Gasteiger partial charge in [-0.15, -0.1) is 0 Å². The molecule has 124 valence electrons. The molecule has 0 spiro atoms. The molecule has 0 aromatic carbocycles. The standard InChI is InChI=1S/C17H30N4O/c1-3-20-8-4-5-12(20)9-19-17(18-2)21-10-13-14(11-21)16-7-6-15(13)22-16/h12-16H,3-11H2,1-2H3,(H,18,19). The maximum Gasteiger partial charge on any atom is 0.193 e. The van der Waals surface area contributed by atoms with Gasteiger partial charge < -0.3 is 15.0 Å². The molecule has 4 rings (SSSR count). The largest absolute Gasteiger partial charge is 0.374 e. The number of hydrogen-bond donors (Lipinski definition) is 1. The van der Waals surface area contributed by atoms with Gasteiger partial charge in [0.1, 0.15) is 0 Å². The Balaban J connectivity index is 1.33. The molecular weight excluding hydrogens is 276 g/mol. The van der Waals surface area contributed by atoms with E-state index in [0.717, 1.165) is 37.4 Å². The fraction of sp³-hybridized carbons (Fsp3) is 0.941. The minimum absolute atomic E-state index is 0.531. The lowest BCUT2D eigenvalue weighted by Gasteiger charge is -2.27. The Labute approximate surface area is 134 Å². The van der Waals surface area contributed by atoms with Crippen LogP contribution in [0.15, 0.2) is 4.99 Å². The number of likely N-dealkylation sites (tertiary alicyclic amines) is 2. The zero-order valence-corrected chi connectivity index (χ0v) is 14.0. The lowest BCUT2D eigenvalue weighted by Crippen LogP contribution is -2.46. The third-order valence-electron chi connectivity index (χ3n) is 6.37. The van der Waals surface area contributed by atoms with Gasteiger partial charge in [-0.1, -0.05) is 6.92 Å². The van der Waals surface area contributed by atoms with E-state index in [4.69, 9.17) is 4.74 Å². The van der Waals surface area contributed by atoms with Crippen LogP contribution >= 0.6 is 0 Å². The highest BCUT2D eigenvalue weighted by molar-refractivity contribution is 5.80. The monoisotopic (exact) mass is 306 g/mol. The second-order valence-electron chi connectivity index (χ2n) is 7.38. The van der Waals surface area contributed by atoms with Crippen LogP contribution in [-0.4, -0.2) is 73.8 Å². The predicted octanol–water partition coefficient (Wildman–Crippen LogP) is 1.16. The number of likely N-dealkylation sites (N-methyl/N-ethyl adjacent to an activating group) is 1. The van der Waals surface area contributed by atoms with Gasteiger partial charge >= 0.3 is 0 Å². The maximum atomic E-state index is 6.08. The maximum absolute atomic E-state index is 6.08. The molecule has 0 radical (unpaired) electrons. The van der Waals surface area contributed by atoms with Crippen LogP contribution in [0, 0.1) is 11.8 Å². The molecule has 4 aliphatic rings. The summed E-state index contributed by atoms with van der Waals surface area (Å²) in [5.74, 6) is 2.60. The van der Waals surface area contributed by atoms with Gasteiger partial charge in [-0.25, -0.2) is 0 Å². The second kappa shape index (κ2) is 6.00. The summed E-state index contributed by atoms with van der Waals surface area (Å²) in [4.78, 5) is 9.62. The summed E-state index contributed by atoms with van der Waals surface area (Å²) in [7, 11) is 1.92. The number of aliphatic imine (C=N–C) groups is 1. The number of ether oxygens (including phenoxy) is 1. The Morgan fingerprint density at radius 2 is 1.91 bits per heavy atom. The van der Waals surface area contributed by atoms with E-state index < -0.39 is 0 Å². The Morgan fingerprint density at radius 3 is 2.55 bits per heavy atom. The van der Waals surface area contributed by atoms with E-state index >= 15 is 0 Å². The van der Waals surface area contributed by atoms with Gasteiger partial charge in [0.15, 0.2) is 5.96 Å². The van der Waals surface area contributed by atoms with E-state index in [-0.39, 0.29) is 0 Å². The Morgan fingerprint density at radius 1 is 1.18 bits per heavy atom. The molecule has 0 amide bonds. The van der Waals surface area contributed by atoms with E-state index in [1.807, 2.05) is 7.05 Å². The van der Waals surface area contributed by atoms with Crippen LogP contribution < -0.4 is 5.32 Å².